The molecule has 2 aromatic rings. The van der Waals surface area contributed by atoms with E-state index in [-0.39, 0.29) is 5.91 Å². The van der Waals surface area contributed by atoms with Gasteiger partial charge in [-0.2, -0.15) is 0 Å². The molecule has 1 saturated heterocycles. The zero-order chi connectivity index (χ0) is 13.8. The molecule has 1 aliphatic rings. The SMILES string of the molecule is O=C(c1cnc(NCc2ccco2)nc1)N1CCCC1. The highest BCUT2D eigenvalue weighted by Gasteiger charge is 2.19. The highest BCUT2D eigenvalue weighted by atomic mass is 16.3. The normalized spacial score (nSPS) is 14.5. The first-order chi connectivity index (χ1) is 9.83. The van der Waals surface area contributed by atoms with Crippen molar-refractivity contribution in [3.63, 3.8) is 0 Å². The highest BCUT2D eigenvalue weighted by molar-refractivity contribution is 5.93. The standard InChI is InChI=1S/C14H16N4O2/c19-13(18-5-1-2-6-18)11-8-15-14(16-9-11)17-10-12-4-3-7-20-12/h3-4,7-9H,1-2,5-6,10H2,(H,15,16,17). The monoisotopic (exact) mass is 272 g/mol. The fourth-order valence-electron chi connectivity index (χ4n) is 2.21. The van der Waals surface area contributed by atoms with Crippen LogP contribution in [0.15, 0.2) is 35.2 Å². The van der Waals surface area contributed by atoms with Gasteiger partial charge in [-0.25, -0.2) is 9.97 Å². The Kier molecular flexibility index (Phi) is 3.62. The maximum Gasteiger partial charge on any atom is 0.256 e. The smallest absolute Gasteiger partial charge is 0.256 e. The number of hydrogen-bond donors (Lipinski definition) is 1. The summed E-state index contributed by atoms with van der Waals surface area (Å²) in [5.41, 5.74) is 0.537. The summed E-state index contributed by atoms with van der Waals surface area (Å²) < 4.78 is 5.21. The van der Waals surface area contributed by atoms with Gasteiger partial charge in [0.15, 0.2) is 0 Å². The molecule has 1 fully saturated rings. The molecule has 0 atom stereocenters. The van der Waals surface area contributed by atoms with Gasteiger partial charge in [-0.1, -0.05) is 0 Å². The van der Waals surface area contributed by atoms with E-state index in [1.54, 1.807) is 18.7 Å². The number of aromatic nitrogens is 2. The summed E-state index contributed by atoms with van der Waals surface area (Å²) in [5, 5.41) is 3.04. The summed E-state index contributed by atoms with van der Waals surface area (Å²) in [6.45, 7) is 2.18. The summed E-state index contributed by atoms with van der Waals surface area (Å²) in [4.78, 5) is 22.3. The average molecular weight is 272 g/mol. The Hall–Kier alpha value is -2.37. The Balaban J connectivity index is 1.60. The van der Waals surface area contributed by atoms with Crippen LogP contribution in [0.2, 0.25) is 0 Å². The number of amides is 1. The van der Waals surface area contributed by atoms with Crippen LogP contribution in [0.25, 0.3) is 0 Å². The van der Waals surface area contributed by atoms with E-state index in [9.17, 15) is 4.79 Å². The predicted octanol–water partition coefficient (Wildman–Crippen LogP) is 1.92. The van der Waals surface area contributed by atoms with Gasteiger partial charge in [-0.05, 0) is 25.0 Å². The summed E-state index contributed by atoms with van der Waals surface area (Å²) in [6.07, 6.45) is 6.91. The average Bonchev–Trinajstić information content (AvgIpc) is 3.18. The molecule has 1 aliphatic heterocycles. The van der Waals surface area contributed by atoms with E-state index in [2.05, 4.69) is 15.3 Å². The second-order valence-corrected chi connectivity index (χ2v) is 4.73. The van der Waals surface area contributed by atoms with Crippen molar-refractivity contribution in [2.75, 3.05) is 18.4 Å². The Bertz CT molecular complexity index is 559. The fraction of sp³-hybridized carbons (Fsp3) is 0.357. The molecule has 6 nitrogen and oxygen atoms in total. The lowest BCUT2D eigenvalue weighted by molar-refractivity contribution is 0.0792. The number of likely N-dealkylation sites (tertiary alicyclic amines) is 1. The lowest BCUT2D eigenvalue weighted by atomic mass is 10.3. The van der Waals surface area contributed by atoms with Crippen LogP contribution in [0.4, 0.5) is 5.95 Å². The summed E-state index contributed by atoms with van der Waals surface area (Å²) in [5.74, 6) is 1.31. The third-order valence-corrected chi connectivity index (χ3v) is 3.29. The van der Waals surface area contributed by atoms with Crippen LogP contribution in [-0.2, 0) is 6.54 Å². The van der Waals surface area contributed by atoms with E-state index in [1.165, 1.54) is 0 Å². The van der Waals surface area contributed by atoms with Crippen molar-refractivity contribution < 1.29 is 9.21 Å². The van der Waals surface area contributed by atoms with Gasteiger partial charge >= 0.3 is 0 Å². The van der Waals surface area contributed by atoms with Crippen LogP contribution in [0.5, 0.6) is 0 Å². The molecule has 3 rings (SSSR count). The van der Waals surface area contributed by atoms with E-state index < -0.39 is 0 Å². The van der Waals surface area contributed by atoms with Gasteiger partial charge in [0, 0.05) is 25.5 Å². The van der Waals surface area contributed by atoms with Crippen LogP contribution in [0.3, 0.4) is 0 Å². The molecule has 1 N–H and O–H groups in total. The third-order valence-electron chi connectivity index (χ3n) is 3.29. The minimum absolute atomic E-state index is 0.0140. The van der Waals surface area contributed by atoms with Gasteiger partial charge in [-0.3, -0.25) is 4.79 Å². The van der Waals surface area contributed by atoms with E-state index in [0.717, 1.165) is 31.7 Å². The fourth-order valence-corrected chi connectivity index (χ4v) is 2.21. The Morgan fingerprint density at radius 1 is 1.30 bits per heavy atom. The maximum absolute atomic E-state index is 12.1. The molecule has 3 heterocycles. The summed E-state index contributed by atoms with van der Waals surface area (Å²) >= 11 is 0. The molecule has 1 amide bonds. The number of carbonyl (C=O) groups is 1. The molecule has 6 heteroatoms. The van der Waals surface area contributed by atoms with Crippen LogP contribution in [-0.4, -0.2) is 33.9 Å². The van der Waals surface area contributed by atoms with E-state index in [0.29, 0.717) is 18.1 Å². The lowest BCUT2D eigenvalue weighted by Crippen LogP contribution is -2.27. The number of furan rings is 1. The van der Waals surface area contributed by atoms with Gasteiger partial charge in [-0.15, -0.1) is 0 Å². The Morgan fingerprint density at radius 2 is 2.05 bits per heavy atom. The predicted molar refractivity (Wildman–Crippen MR) is 73.2 cm³/mol. The molecule has 20 heavy (non-hydrogen) atoms. The second-order valence-electron chi connectivity index (χ2n) is 4.73. The van der Waals surface area contributed by atoms with Crippen LogP contribution in [0, 0.1) is 0 Å². The molecule has 0 bridgehead atoms. The molecule has 0 aromatic carbocycles. The van der Waals surface area contributed by atoms with E-state index >= 15 is 0 Å². The quantitative estimate of drug-likeness (QED) is 0.920. The van der Waals surface area contributed by atoms with Crippen molar-refractivity contribution in [3.05, 3.63) is 42.1 Å². The van der Waals surface area contributed by atoms with Gasteiger partial charge in [0.1, 0.15) is 5.76 Å². The zero-order valence-electron chi connectivity index (χ0n) is 11.1. The molecule has 0 saturated carbocycles. The van der Waals surface area contributed by atoms with Gasteiger partial charge in [0.25, 0.3) is 5.91 Å². The number of hydrogen-bond acceptors (Lipinski definition) is 5. The number of nitrogens with one attached hydrogen (secondary N) is 1. The minimum atomic E-state index is 0.0140. The molecule has 0 unspecified atom stereocenters. The Morgan fingerprint density at radius 3 is 2.70 bits per heavy atom. The van der Waals surface area contributed by atoms with Crippen LogP contribution >= 0.6 is 0 Å². The van der Waals surface area contributed by atoms with Gasteiger partial charge < -0.3 is 14.6 Å². The van der Waals surface area contributed by atoms with Gasteiger partial charge in [0.05, 0.1) is 18.4 Å². The lowest BCUT2D eigenvalue weighted by Gasteiger charge is -2.14. The van der Waals surface area contributed by atoms with Gasteiger partial charge in [0.2, 0.25) is 5.95 Å². The largest absolute Gasteiger partial charge is 0.467 e. The van der Waals surface area contributed by atoms with Crippen LogP contribution in [0.1, 0.15) is 29.0 Å². The number of anilines is 1. The summed E-state index contributed by atoms with van der Waals surface area (Å²) in [7, 11) is 0. The van der Waals surface area contributed by atoms with Crippen molar-refractivity contribution in [1.82, 2.24) is 14.9 Å². The molecule has 2 aromatic heterocycles. The van der Waals surface area contributed by atoms with Crippen molar-refractivity contribution in [2.24, 2.45) is 0 Å². The molecule has 0 spiro atoms. The molecular weight excluding hydrogens is 256 g/mol. The first-order valence-corrected chi connectivity index (χ1v) is 6.70. The van der Waals surface area contributed by atoms with Crippen LogP contribution < -0.4 is 5.32 Å². The van der Waals surface area contributed by atoms with E-state index in [1.807, 2.05) is 17.0 Å². The van der Waals surface area contributed by atoms with Crippen molar-refractivity contribution in [1.29, 1.82) is 0 Å². The molecule has 104 valence electrons. The number of carbonyl (C=O) groups excluding carboxylic acids is 1. The van der Waals surface area contributed by atoms with Crippen molar-refractivity contribution in [3.8, 4) is 0 Å². The zero-order valence-corrected chi connectivity index (χ0v) is 11.1. The highest BCUT2D eigenvalue weighted by Crippen LogP contribution is 2.12. The summed E-state index contributed by atoms with van der Waals surface area (Å²) in [6, 6.07) is 3.70. The first kappa shape index (κ1) is 12.7. The number of rotatable bonds is 4. The first-order valence-electron chi connectivity index (χ1n) is 6.70. The Labute approximate surface area is 116 Å². The third kappa shape index (κ3) is 2.79. The van der Waals surface area contributed by atoms with Crippen molar-refractivity contribution >= 4 is 11.9 Å². The maximum atomic E-state index is 12.1. The van der Waals surface area contributed by atoms with E-state index in [4.69, 9.17) is 4.42 Å². The molecule has 0 aliphatic carbocycles. The molecular formula is C14H16N4O2. The minimum Gasteiger partial charge on any atom is -0.467 e. The second kappa shape index (κ2) is 5.73. The topological polar surface area (TPSA) is 71.3 Å². The molecule has 0 radical (unpaired) electrons. The number of nitrogens with zero attached hydrogens (tertiary/aromatic N) is 3. The van der Waals surface area contributed by atoms with Crippen molar-refractivity contribution in [2.45, 2.75) is 19.4 Å².